The standard InChI is InChI=1S/C23H25F3N2O2/c1-3-4-13-30-18-11-9-17(10-12-18)22(23(24,25)26)14-19(20(27)21(29)28-22)16-7-5-15(2)6-8-16/h5-12H,3-4,13-14,27H2,1-2H3,(H,28,29)/t22-/m0/s1. The molecule has 1 heterocycles. The number of amides is 1. The topological polar surface area (TPSA) is 64.3 Å². The minimum Gasteiger partial charge on any atom is -0.494 e. The molecule has 160 valence electrons. The molecule has 0 fully saturated rings. The van der Waals surface area contributed by atoms with Crippen LogP contribution < -0.4 is 15.8 Å². The third kappa shape index (κ3) is 4.15. The van der Waals surface area contributed by atoms with Gasteiger partial charge in [0.1, 0.15) is 11.4 Å². The van der Waals surface area contributed by atoms with Crippen LogP contribution in [0.2, 0.25) is 0 Å². The number of hydrogen-bond acceptors (Lipinski definition) is 3. The first-order valence-corrected chi connectivity index (χ1v) is 9.86. The van der Waals surface area contributed by atoms with Gasteiger partial charge in [-0.15, -0.1) is 0 Å². The zero-order valence-corrected chi connectivity index (χ0v) is 17.0. The average molecular weight is 418 g/mol. The van der Waals surface area contributed by atoms with E-state index in [1.807, 2.05) is 13.8 Å². The summed E-state index contributed by atoms with van der Waals surface area (Å²) in [6, 6.07) is 12.6. The number of carbonyl (C=O) groups excluding carboxylic acids is 1. The fraction of sp³-hybridized carbons (Fsp3) is 0.348. The molecule has 0 saturated heterocycles. The van der Waals surface area contributed by atoms with E-state index in [1.54, 1.807) is 24.3 Å². The number of unbranched alkanes of at least 4 members (excludes halogenated alkanes) is 1. The molecule has 0 aromatic heterocycles. The summed E-state index contributed by atoms with van der Waals surface area (Å²) in [5, 5.41) is 2.13. The maximum absolute atomic E-state index is 14.4. The monoisotopic (exact) mass is 418 g/mol. The zero-order valence-electron chi connectivity index (χ0n) is 17.0. The molecule has 2 aromatic rings. The number of carbonyl (C=O) groups is 1. The summed E-state index contributed by atoms with van der Waals surface area (Å²) in [7, 11) is 0. The molecule has 0 spiro atoms. The normalized spacial score (nSPS) is 19.6. The Kier molecular flexibility index (Phi) is 6.10. The Hall–Kier alpha value is -2.96. The highest BCUT2D eigenvalue weighted by Crippen LogP contribution is 2.48. The lowest BCUT2D eigenvalue weighted by Crippen LogP contribution is -2.59. The second-order valence-corrected chi connectivity index (χ2v) is 7.52. The molecule has 0 aliphatic carbocycles. The first-order chi connectivity index (χ1) is 14.2. The van der Waals surface area contributed by atoms with Crippen LogP contribution in [-0.2, 0) is 10.3 Å². The van der Waals surface area contributed by atoms with Crippen LogP contribution in [0.1, 0.15) is 42.9 Å². The van der Waals surface area contributed by atoms with Gasteiger partial charge >= 0.3 is 6.18 Å². The van der Waals surface area contributed by atoms with Crippen LogP contribution >= 0.6 is 0 Å². The van der Waals surface area contributed by atoms with Crippen molar-refractivity contribution in [1.29, 1.82) is 0 Å². The average Bonchev–Trinajstić information content (AvgIpc) is 2.70. The van der Waals surface area contributed by atoms with Gasteiger partial charge in [0.25, 0.3) is 5.91 Å². The van der Waals surface area contributed by atoms with Crippen molar-refractivity contribution >= 4 is 11.5 Å². The summed E-state index contributed by atoms with van der Waals surface area (Å²) in [4.78, 5) is 12.5. The van der Waals surface area contributed by atoms with Gasteiger partial charge in [-0.1, -0.05) is 55.3 Å². The second-order valence-electron chi connectivity index (χ2n) is 7.52. The van der Waals surface area contributed by atoms with Crippen LogP contribution in [-0.4, -0.2) is 18.7 Å². The molecule has 1 aliphatic heterocycles. The summed E-state index contributed by atoms with van der Waals surface area (Å²) in [5.41, 5.74) is 4.71. The van der Waals surface area contributed by atoms with Crippen molar-refractivity contribution in [3.05, 3.63) is 70.9 Å². The first-order valence-electron chi connectivity index (χ1n) is 9.86. The van der Waals surface area contributed by atoms with E-state index in [0.29, 0.717) is 17.9 Å². The van der Waals surface area contributed by atoms with E-state index in [0.717, 1.165) is 18.4 Å². The minimum absolute atomic E-state index is 0.0664. The Balaban J connectivity index is 2.02. The molecule has 1 aliphatic rings. The number of halogens is 3. The summed E-state index contributed by atoms with van der Waals surface area (Å²) >= 11 is 0. The van der Waals surface area contributed by atoms with E-state index < -0.39 is 24.0 Å². The molecular weight excluding hydrogens is 393 g/mol. The smallest absolute Gasteiger partial charge is 0.416 e. The van der Waals surface area contributed by atoms with Gasteiger partial charge in [0, 0.05) is 6.42 Å². The predicted octanol–water partition coefficient (Wildman–Crippen LogP) is 4.82. The SMILES string of the molecule is CCCCOc1ccc([C@]2(C(F)(F)F)CC(c3ccc(C)cc3)=C(N)C(=O)N2)cc1. The van der Waals surface area contributed by atoms with E-state index in [-0.39, 0.29) is 16.8 Å². The number of ether oxygens (including phenoxy) is 1. The van der Waals surface area contributed by atoms with E-state index in [1.165, 1.54) is 24.3 Å². The van der Waals surface area contributed by atoms with Gasteiger partial charge in [-0.05, 0) is 42.2 Å². The fourth-order valence-corrected chi connectivity index (χ4v) is 3.49. The van der Waals surface area contributed by atoms with E-state index >= 15 is 0 Å². The highest BCUT2D eigenvalue weighted by Gasteiger charge is 2.59. The number of rotatable bonds is 6. The van der Waals surface area contributed by atoms with E-state index in [4.69, 9.17) is 10.5 Å². The van der Waals surface area contributed by atoms with Crippen molar-refractivity contribution in [1.82, 2.24) is 5.32 Å². The summed E-state index contributed by atoms with van der Waals surface area (Å²) in [5.74, 6) is -0.446. The molecule has 3 N–H and O–H groups in total. The van der Waals surface area contributed by atoms with Crippen molar-refractivity contribution in [3.8, 4) is 5.75 Å². The molecule has 0 unspecified atom stereocenters. The van der Waals surface area contributed by atoms with Gasteiger partial charge in [-0.25, -0.2) is 0 Å². The molecule has 0 bridgehead atoms. The third-order valence-electron chi connectivity index (χ3n) is 5.34. The molecule has 2 aromatic carbocycles. The molecular formula is C23H25F3N2O2. The Morgan fingerprint density at radius 1 is 1.10 bits per heavy atom. The molecule has 4 nitrogen and oxygen atoms in total. The van der Waals surface area contributed by atoms with Crippen LogP contribution in [0.3, 0.4) is 0 Å². The fourth-order valence-electron chi connectivity index (χ4n) is 3.49. The highest BCUT2D eigenvalue weighted by atomic mass is 19.4. The Morgan fingerprint density at radius 2 is 1.73 bits per heavy atom. The number of aryl methyl sites for hydroxylation is 1. The van der Waals surface area contributed by atoms with Gasteiger partial charge in [0.15, 0.2) is 5.54 Å². The van der Waals surface area contributed by atoms with E-state index in [9.17, 15) is 18.0 Å². The van der Waals surface area contributed by atoms with Crippen molar-refractivity contribution in [2.45, 2.75) is 44.8 Å². The predicted molar refractivity (Wildman–Crippen MR) is 110 cm³/mol. The van der Waals surface area contributed by atoms with Gasteiger partial charge in [0.2, 0.25) is 0 Å². The number of nitrogens with one attached hydrogen (secondary N) is 1. The van der Waals surface area contributed by atoms with Crippen molar-refractivity contribution in [3.63, 3.8) is 0 Å². The van der Waals surface area contributed by atoms with Crippen LogP contribution in [0.25, 0.3) is 5.57 Å². The Bertz CT molecular complexity index is 934. The first kappa shape index (κ1) is 21.7. The van der Waals surface area contributed by atoms with Gasteiger partial charge in [0.05, 0.1) is 6.61 Å². The van der Waals surface area contributed by atoms with Crippen LogP contribution in [0.15, 0.2) is 54.2 Å². The van der Waals surface area contributed by atoms with Crippen molar-refractivity contribution in [2.24, 2.45) is 5.73 Å². The minimum atomic E-state index is -4.73. The molecule has 0 saturated carbocycles. The lowest BCUT2D eigenvalue weighted by molar-refractivity contribution is -0.201. The molecule has 1 amide bonds. The molecule has 3 rings (SSSR count). The number of benzene rings is 2. The lowest BCUT2D eigenvalue weighted by atomic mass is 9.78. The van der Waals surface area contributed by atoms with Crippen LogP contribution in [0, 0.1) is 6.92 Å². The third-order valence-corrected chi connectivity index (χ3v) is 5.34. The van der Waals surface area contributed by atoms with Crippen LogP contribution in [0.4, 0.5) is 13.2 Å². The molecule has 1 atom stereocenters. The van der Waals surface area contributed by atoms with Crippen molar-refractivity contribution in [2.75, 3.05) is 6.61 Å². The molecule has 7 heteroatoms. The quantitative estimate of drug-likeness (QED) is 0.661. The zero-order chi connectivity index (χ0) is 21.9. The molecule has 0 radical (unpaired) electrons. The maximum Gasteiger partial charge on any atom is 0.416 e. The Labute approximate surface area is 173 Å². The molecule has 30 heavy (non-hydrogen) atoms. The highest BCUT2D eigenvalue weighted by molar-refractivity contribution is 6.03. The van der Waals surface area contributed by atoms with Crippen LogP contribution in [0.5, 0.6) is 5.75 Å². The summed E-state index contributed by atoms with van der Waals surface area (Å²) in [6.07, 6.45) is -3.41. The summed E-state index contributed by atoms with van der Waals surface area (Å²) in [6.45, 7) is 4.39. The van der Waals surface area contributed by atoms with Gasteiger partial charge in [-0.2, -0.15) is 13.2 Å². The van der Waals surface area contributed by atoms with Crippen molar-refractivity contribution < 1.29 is 22.7 Å². The number of alkyl halides is 3. The van der Waals surface area contributed by atoms with E-state index in [2.05, 4.69) is 5.32 Å². The Morgan fingerprint density at radius 3 is 2.30 bits per heavy atom. The largest absolute Gasteiger partial charge is 0.494 e. The van der Waals surface area contributed by atoms with Gasteiger partial charge < -0.3 is 15.8 Å². The maximum atomic E-state index is 14.4. The number of nitrogens with two attached hydrogens (primary N) is 1. The van der Waals surface area contributed by atoms with Gasteiger partial charge in [-0.3, -0.25) is 4.79 Å². The summed E-state index contributed by atoms with van der Waals surface area (Å²) < 4.78 is 48.7. The lowest BCUT2D eigenvalue weighted by Gasteiger charge is -2.41. The number of hydrogen-bond donors (Lipinski definition) is 2. The second kappa shape index (κ2) is 8.42.